The number of carboxylic acid groups (broad SMARTS) is 1. The Bertz CT molecular complexity index is 966. The van der Waals surface area contributed by atoms with Crippen molar-refractivity contribution in [2.24, 2.45) is 4.99 Å². The third kappa shape index (κ3) is 17.4. The molecule has 1 atom stereocenters. The van der Waals surface area contributed by atoms with E-state index < -0.39 is 5.97 Å². The van der Waals surface area contributed by atoms with Gasteiger partial charge in [-0.3, -0.25) is 14.6 Å². The van der Waals surface area contributed by atoms with E-state index >= 15 is 0 Å². The van der Waals surface area contributed by atoms with Crippen molar-refractivity contribution in [1.82, 2.24) is 10.6 Å². The molecule has 1 amide bonds. The van der Waals surface area contributed by atoms with Crippen LogP contribution in [0.25, 0.3) is 0 Å². The van der Waals surface area contributed by atoms with Gasteiger partial charge in [0.15, 0.2) is 0 Å². The van der Waals surface area contributed by atoms with Crippen LogP contribution in [0.15, 0.2) is 29.3 Å². The summed E-state index contributed by atoms with van der Waals surface area (Å²) in [4.78, 5) is 28.5. The molecule has 0 bridgehead atoms. The summed E-state index contributed by atoms with van der Waals surface area (Å²) in [6.45, 7) is 3.64. The number of hydrogen-bond acceptors (Lipinski definition) is 5. The molecule has 0 radical (unpaired) electrons. The van der Waals surface area contributed by atoms with Crippen molar-refractivity contribution < 1.29 is 14.7 Å². The largest absolute Gasteiger partial charge is 0.481 e. The first-order valence-electron chi connectivity index (χ1n) is 16.2. The number of aliphatic imine (C=N–C) groups is 1. The number of aliphatic carboxylic acids is 1. The topological polar surface area (TPSA) is 103 Å². The van der Waals surface area contributed by atoms with Gasteiger partial charge in [-0.2, -0.15) is 0 Å². The summed E-state index contributed by atoms with van der Waals surface area (Å²) in [5, 5.41) is 18.5. The van der Waals surface area contributed by atoms with E-state index in [2.05, 4.69) is 39.8 Å². The van der Waals surface area contributed by atoms with Crippen molar-refractivity contribution in [1.29, 1.82) is 0 Å². The monoisotopic (exact) mass is 566 g/mol. The van der Waals surface area contributed by atoms with Crippen LogP contribution in [0, 0.1) is 12.0 Å². The van der Waals surface area contributed by atoms with Gasteiger partial charge in [0.2, 0.25) is 0 Å². The molecule has 1 heterocycles. The van der Waals surface area contributed by atoms with Gasteiger partial charge in [0.1, 0.15) is 5.84 Å². The first-order chi connectivity index (χ1) is 20.1. The van der Waals surface area contributed by atoms with E-state index in [1.165, 1.54) is 70.6 Å². The summed E-state index contributed by atoms with van der Waals surface area (Å²) in [6.07, 6.45) is 21.2. The predicted molar refractivity (Wildman–Crippen MR) is 170 cm³/mol. The lowest BCUT2D eigenvalue weighted by atomic mass is 10.0. The lowest BCUT2D eigenvalue weighted by Crippen LogP contribution is -2.41. The number of rotatable bonds is 20. The van der Waals surface area contributed by atoms with E-state index in [0.717, 1.165) is 56.6 Å². The molecular formula is C34H54N4O3. The smallest absolute Gasteiger partial charge is 0.304 e. The highest BCUT2D eigenvalue weighted by molar-refractivity contribution is 5.99. The second kappa shape index (κ2) is 22.7. The van der Waals surface area contributed by atoms with Crippen molar-refractivity contribution >= 4 is 23.4 Å². The second-order valence-electron chi connectivity index (χ2n) is 11.3. The molecule has 0 aromatic heterocycles. The van der Waals surface area contributed by atoms with Crippen LogP contribution in [-0.4, -0.2) is 41.9 Å². The van der Waals surface area contributed by atoms with Crippen molar-refractivity contribution in [3.8, 4) is 12.0 Å². The lowest BCUT2D eigenvalue weighted by Gasteiger charge is -2.19. The van der Waals surface area contributed by atoms with Crippen LogP contribution >= 0.6 is 0 Å². The highest BCUT2D eigenvalue weighted by atomic mass is 16.4. The molecule has 0 fully saturated rings. The summed E-state index contributed by atoms with van der Waals surface area (Å²) >= 11 is 0. The molecule has 1 aromatic carbocycles. The van der Waals surface area contributed by atoms with Gasteiger partial charge in [0, 0.05) is 49.3 Å². The molecule has 2 rings (SSSR count). The molecule has 41 heavy (non-hydrogen) atoms. The number of unbranched alkanes of at least 4 members (excludes halogenated alkanes) is 11. The molecule has 1 aliphatic heterocycles. The average molecular weight is 567 g/mol. The maximum atomic E-state index is 13.2. The molecule has 7 nitrogen and oxygen atoms in total. The molecule has 228 valence electrons. The van der Waals surface area contributed by atoms with Gasteiger partial charge in [0.25, 0.3) is 5.91 Å². The Balaban J connectivity index is 1.79. The van der Waals surface area contributed by atoms with E-state index in [1.807, 2.05) is 24.3 Å². The number of nitrogens with zero attached hydrogens (tertiary/aromatic N) is 1. The molecule has 0 saturated heterocycles. The maximum absolute atomic E-state index is 13.2. The van der Waals surface area contributed by atoms with Gasteiger partial charge in [-0.25, -0.2) is 0 Å². The van der Waals surface area contributed by atoms with Crippen LogP contribution in [0.5, 0.6) is 0 Å². The third-order valence-corrected chi connectivity index (χ3v) is 7.52. The van der Waals surface area contributed by atoms with Crippen molar-refractivity contribution in [3.05, 3.63) is 29.8 Å². The van der Waals surface area contributed by atoms with E-state index in [-0.39, 0.29) is 18.4 Å². The minimum Gasteiger partial charge on any atom is -0.481 e. The first-order valence-corrected chi connectivity index (χ1v) is 16.2. The summed E-state index contributed by atoms with van der Waals surface area (Å²) in [7, 11) is 0. The Morgan fingerprint density at radius 2 is 1.66 bits per heavy atom. The highest BCUT2D eigenvalue weighted by Crippen LogP contribution is 2.16. The molecule has 1 unspecified atom stereocenters. The Hall–Kier alpha value is -3.01. The standard InChI is InChI=1S/C34H54N4O3/c1-2-3-4-5-6-7-8-9-10-11-12-14-21-31(28-35-25-18-16-24-33(39)40)38-34(41)29-20-19-22-30(27-29)37-32-23-15-13-17-26-36-32/h19-20,22,27,31,35H,2-17,21,23-24,26,28H2,1H3,(H,36,37)(H,38,41)(H,39,40). The quantitative estimate of drug-likeness (QED) is 0.0736. The summed E-state index contributed by atoms with van der Waals surface area (Å²) in [5.41, 5.74) is 1.51. The zero-order valence-electron chi connectivity index (χ0n) is 25.4. The molecule has 0 spiro atoms. The third-order valence-electron chi connectivity index (χ3n) is 7.52. The minimum absolute atomic E-state index is 0.0322. The number of nitrogens with one attached hydrogen (secondary N) is 3. The fourth-order valence-electron chi connectivity index (χ4n) is 5.08. The highest BCUT2D eigenvalue weighted by Gasteiger charge is 2.14. The Morgan fingerprint density at radius 3 is 2.37 bits per heavy atom. The van der Waals surface area contributed by atoms with Crippen LogP contribution in [0.3, 0.4) is 0 Å². The number of benzene rings is 1. The first kappa shape index (κ1) is 34.2. The van der Waals surface area contributed by atoms with Gasteiger partial charge >= 0.3 is 5.97 Å². The lowest BCUT2D eigenvalue weighted by molar-refractivity contribution is -0.136. The molecule has 0 saturated carbocycles. The number of amides is 1. The van der Waals surface area contributed by atoms with Gasteiger partial charge in [0.05, 0.1) is 6.42 Å². The van der Waals surface area contributed by atoms with E-state index in [1.54, 1.807) is 0 Å². The molecule has 7 heteroatoms. The summed E-state index contributed by atoms with van der Waals surface area (Å²) < 4.78 is 0. The Kier molecular flexibility index (Phi) is 18.9. The zero-order valence-corrected chi connectivity index (χ0v) is 25.4. The van der Waals surface area contributed by atoms with Gasteiger partial charge < -0.3 is 21.1 Å². The number of anilines is 1. The fraction of sp³-hybridized carbons (Fsp3) is 0.676. The molecule has 1 aromatic rings. The summed E-state index contributed by atoms with van der Waals surface area (Å²) in [6, 6.07) is 10.4. The number of hydrogen-bond donors (Lipinski definition) is 4. The predicted octanol–water partition coefficient (Wildman–Crippen LogP) is 7.68. The van der Waals surface area contributed by atoms with Gasteiger partial charge in [-0.1, -0.05) is 102 Å². The molecule has 0 aliphatic carbocycles. The number of carboxylic acids is 1. The minimum atomic E-state index is -0.848. The zero-order chi connectivity index (χ0) is 29.4. The number of amidine groups is 1. The number of carbonyl (C=O) groups excluding carboxylic acids is 1. The van der Waals surface area contributed by atoms with Crippen molar-refractivity contribution in [3.63, 3.8) is 0 Å². The van der Waals surface area contributed by atoms with Gasteiger partial charge in [-0.15, -0.1) is 0 Å². The van der Waals surface area contributed by atoms with E-state index in [0.29, 0.717) is 18.5 Å². The molecular weight excluding hydrogens is 512 g/mol. The van der Waals surface area contributed by atoms with Crippen LogP contribution in [0.1, 0.15) is 139 Å². The van der Waals surface area contributed by atoms with Crippen LogP contribution < -0.4 is 16.0 Å². The van der Waals surface area contributed by atoms with E-state index in [4.69, 9.17) is 5.11 Å². The van der Waals surface area contributed by atoms with E-state index in [9.17, 15) is 9.59 Å². The Morgan fingerprint density at radius 1 is 0.951 bits per heavy atom. The Labute approximate surface area is 248 Å². The van der Waals surface area contributed by atoms with Crippen LogP contribution in [0.4, 0.5) is 5.69 Å². The molecule has 4 N–H and O–H groups in total. The molecule has 1 aliphatic rings. The fourth-order valence-corrected chi connectivity index (χ4v) is 5.08. The normalized spacial score (nSPS) is 13.7. The second-order valence-corrected chi connectivity index (χ2v) is 11.3. The van der Waals surface area contributed by atoms with Crippen LogP contribution in [-0.2, 0) is 4.79 Å². The SMILES string of the molecule is CCCCCCCCCCCCCCC(CNC#CCCC(=O)O)NC(=O)c1cccc(NC2=NCCCCC2)c1. The van der Waals surface area contributed by atoms with Crippen molar-refractivity contribution in [2.75, 3.05) is 18.4 Å². The maximum Gasteiger partial charge on any atom is 0.304 e. The van der Waals surface area contributed by atoms with Crippen molar-refractivity contribution in [2.45, 2.75) is 135 Å². The average Bonchev–Trinajstić information content (AvgIpc) is 3.23. The van der Waals surface area contributed by atoms with Gasteiger partial charge in [-0.05, 0) is 37.5 Å². The van der Waals surface area contributed by atoms with Crippen LogP contribution in [0.2, 0.25) is 0 Å². The summed E-state index contributed by atoms with van der Waals surface area (Å²) in [5.74, 6) is 2.90. The number of carbonyl (C=O) groups is 2.